The summed E-state index contributed by atoms with van der Waals surface area (Å²) >= 11 is 11.1. The van der Waals surface area contributed by atoms with Gasteiger partial charge in [0.05, 0.1) is 30.6 Å². The van der Waals surface area contributed by atoms with Gasteiger partial charge in [0.1, 0.15) is 22.2 Å². The zero-order valence-electron chi connectivity index (χ0n) is 11.5. The van der Waals surface area contributed by atoms with Gasteiger partial charge in [-0.05, 0) is 12.1 Å². The molecule has 0 aliphatic carbocycles. The average Bonchev–Trinajstić information content (AvgIpc) is 2.48. The third-order valence-corrected chi connectivity index (χ3v) is 3.27. The van der Waals surface area contributed by atoms with Crippen LogP contribution in [0.4, 0.5) is 11.4 Å². The molecule has 0 saturated heterocycles. The Morgan fingerprint density at radius 3 is 2.57 bits per heavy atom. The van der Waals surface area contributed by atoms with E-state index in [9.17, 15) is 0 Å². The van der Waals surface area contributed by atoms with Gasteiger partial charge >= 0.3 is 0 Å². The number of halogens is 1. The smallest absolute Gasteiger partial charge is 0.144 e. The molecule has 0 aliphatic heterocycles. The minimum atomic E-state index is 0.206. The number of aromatic nitrogens is 1. The van der Waals surface area contributed by atoms with Crippen molar-refractivity contribution in [2.45, 2.75) is 0 Å². The Labute approximate surface area is 133 Å². The molecule has 0 atom stereocenters. The van der Waals surface area contributed by atoms with Gasteiger partial charge in [0.2, 0.25) is 0 Å². The van der Waals surface area contributed by atoms with E-state index in [1.54, 1.807) is 38.6 Å². The molecule has 0 amide bonds. The normalized spacial score (nSPS) is 10.0. The van der Waals surface area contributed by atoms with E-state index in [4.69, 9.17) is 39.0 Å². The van der Waals surface area contributed by atoms with Gasteiger partial charge in [-0.2, -0.15) is 0 Å². The highest BCUT2D eigenvalue weighted by Crippen LogP contribution is 2.37. The van der Waals surface area contributed by atoms with Crippen LogP contribution in [0.5, 0.6) is 11.5 Å². The van der Waals surface area contributed by atoms with Gasteiger partial charge in [-0.25, -0.2) is 0 Å². The molecule has 2 rings (SSSR count). The predicted molar refractivity (Wildman–Crippen MR) is 88.0 cm³/mol. The number of nitrogens with two attached hydrogens (primary N) is 1. The fourth-order valence-corrected chi connectivity index (χ4v) is 2.20. The first-order valence-electron chi connectivity index (χ1n) is 6.00. The standard InChI is InChI=1S/C14H14ClN3O2S/c1-19-11-7-10(12(20-2)6-8(11)15)18-9-4-3-5-17-13(9)14(16)21/h3-7,18H,1-2H3,(H2,16,21). The summed E-state index contributed by atoms with van der Waals surface area (Å²) in [7, 11) is 3.10. The lowest BCUT2D eigenvalue weighted by molar-refractivity contribution is 0.405. The number of pyridine rings is 1. The van der Waals surface area contributed by atoms with Crippen molar-refractivity contribution in [1.82, 2.24) is 4.98 Å². The van der Waals surface area contributed by atoms with E-state index < -0.39 is 0 Å². The Morgan fingerprint density at radius 2 is 1.95 bits per heavy atom. The Morgan fingerprint density at radius 1 is 1.24 bits per heavy atom. The molecular weight excluding hydrogens is 310 g/mol. The summed E-state index contributed by atoms with van der Waals surface area (Å²) in [5.41, 5.74) is 7.52. The summed E-state index contributed by atoms with van der Waals surface area (Å²) in [4.78, 5) is 4.37. The van der Waals surface area contributed by atoms with Gasteiger partial charge in [0, 0.05) is 18.3 Å². The first kappa shape index (κ1) is 15.3. The van der Waals surface area contributed by atoms with Crippen molar-refractivity contribution < 1.29 is 9.47 Å². The zero-order chi connectivity index (χ0) is 15.4. The van der Waals surface area contributed by atoms with Crippen molar-refractivity contribution >= 4 is 40.2 Å². The van der Waals surface area contributed by atoms with Crippen LogP contribution in [0.3, 0.4) is 0 Å². The van der Waals surface area contributed by atoms with Gasteiger partial charge < -0.3 is 20.5 Å². The van der Waals surface area contributed by atoms with Crippen LogP contribution in [-0.4, -0.2) is 24.2 Å². The lowest BCUT2D eigenvalue weighted by Gasteiger charge is -2.15. The molecule has 2 aromatic rings. The molecule has 0 unspecified atom stereocenters. The van der Waals surface area contributed by atoms with Crippen molar-refractivity contribution in [3.8, 4) is 11.5 Å². The maximum Gasteiger partial charge on any atom is 0.144 e. The monoisotopic (exact) mass is 323 g/mol. The summed E-state index contributed by atoms with van der Waals surface area (Å²) in [6.07, 6.45) is 1.62. The number of nitrogens with one attached hydrogen (secondary N) is 1. The summed E-state index contributed by atoms with van der Waals surface area (Å²) in [5, 5.41) is 3.64. The Kier molecular flexibility index (Phi) is 4.82. The maximum atomic E-state index is 6.08. The molecule has 1 aromatic heterocycles. The molecule has 1 aromatic carbocycles. The van der Waals surface area contributed by atoms with Gasteiger partial charge in [-0.3, -0.25) is 4.98 Å². The van der Waals surface area contributed by atoms with E-state index in [0.29, 0.717) is 33.6 Å². The van der Waals surface area contributed by atoms with Crippen molar-refractivity contribution in [2.75, 3.05) is 19.5 Å². The van der Waals surface area contributed by atoms with Crippen LogP contribution < -0.4 is 20.5 Å². The van der Waals surface area contributed by atoms with Crippen molar-refractivity contribution in [3.05, 3.63) is 41.2 Å². The lowest BCUT2D eigenvalue weighted by Crippen LogP contribution is -2.14. The molecule has 0 fully saturated rings. The minimum Gasteiger partial charge on any atom is -0.495 e. The Bertz CT molecular complexity index is 679. The van der Waals surface area contributed by atoms with Crippen molar-refractivity contribution in [3.63, 3.8) is 0 Å². The molecule has 0 bridgehead atoms. The number of thiocarbonyl (C=S) groups is 1. The quantitative estimate of drug-likeness (QED) is 0.824. The van der Waals surface area contributed by atoms with E-state index in [1.165, 1.54) is 0 Å². The second-order valence-electron chi connectivity index (χ2n) is 4.08. The topological polar surface area (TPSA) is 69.4 Å². The predicted octanol–water partition coefficient (Wildman–Crippen LogP) is 3.13. The number of anilines is 2. The highest BCUT2D eigenvalue weighted by molar-refractivity contribution is 7.80. The van der Waals surface area contributed by atoms with Gasteiger partial charge in [0.15, 0.2) is 0 Å². The lowest BCUT2D eigenvalue weighted by atomic mass is 10.2. The molecule has 110 valence electrons. The van der Waals surface area contributed by atoms with Crippen molar-refractivity contribution in [2.24, 2.45) is 5.73 Å². The number of benzene rings is 1. The SMILES string of the molecule is COc1cc(Nc2cccnc2C(N)=S)c(OC)cc1Cl. The summed E-state index contributed by atoms with van der Waals surface area (Å²) in [6.45, 7) is 0. The van der Waals surface area contributed by atoms with E-state index >= 15 is 0 Å². The highest BCUT2D eigenvalue weighted by Gasteiger charge is 2.13. The van der Waals surface area contributed by atoms with Crippen LogP contribution in [0.1, 0.15) is 5.69 Å². The summed E-state index contributed by atoms with van der Waals surface area (Å²) in [5.74, 6) is 1.10. The number of hydrogen-bond donors (Lipinski definition) is 2. The maximum absolute atomic E-state index is 6.08. The van der Waals surface area contributed by atoms with Crippen LogP contribution in [0.2, 0.25) is 5.02 Å². The van der Waals surface area contributed by atoms with E-state index in [0.717, 1.165) is 0 Å². The van der Waals surface area contributed by atoms with Crippen LogP contribution in [-0.2, 0) is 0 Å². The fraction of sp³-hybridized carbons (Fsp3) is 0.143. The zero-order valence-corrected chi connectivity index (χ0v) is 13.1. The second-order valence-corrected chi connectivity index (χ2v) is 4.92. The van der Waals surface area contributed by atoms with Crippen LogP contribution in [0.25, 0.3) is 0 Å². The molecule has 1 heterocycles. The van der Waals surface area contributed by atoms with Gasteiger partial charge in [-0.1, -0.05) is 23.8 Å². The molecule has 3 N–H and O–H groups in total. The highest BCUT2D eigenvalue weighted by atomic mass is 35.5. The minimum absolute atomic E-state index is 0.206. The summed E-state index contributed by atoms with van der Waals surface area (Å²) in [6, 6.07) is 7.00. The third kappa shape index (κ3) is 3.34. The Hall–Kier alpha value is -2.05. The van der Waals surface area contributed by atoms with Gasteiger partial charge in [-0.15, -0.1) is 0 Å². The first-order valence-corrected chi connectivity index (χ1v) is 6.78. The number of nitrogens with zero attached hydrogens (tertiary/aromatic N) is 1. The molecule has 0 aliphatic rings. The van der Waals surface area contributed by atoms with Crippen LogP contribution in [0, 0.1) is 0 Å². The molecule has 5 nitrogen and oxygen atoms in total. The molecule has 0 spiro atoms. The largest absolute Gasteiger partial charge is 0.495 e. The second kappa shape index (κ2) is 6.60. The van der Waals surface area contributed by atoms with Crippen LogP contribution >= 0.6 is 23.8 Å². The molecule has 0 saturated carbocycles. The molecule has 21 heavy (non-hydrogen) atoms. The third-order valence-electron chi connectivity index (χ3n) is 2.78. The Balaban J connectivity index is 2.46. The van der Waals surface area contributed by atoms with E-state index in [2.05, 4.69) is 10.3 Å². The summed E-state index contributed by atoms with van der Waals surface area (Å²) < 4.78 is 10.5. The van der Waals surface area contributed by atoms with Crippen molar-refractivity contribution in [1.29, 1.82) is 0 Å². The number of rotatable bonds is 5. The molecule has 7 heteroatoms. The first-order chi connectivity index (χ1) is 10.1. The fourth-order valence-electron chi connectivity index (χ4n) is 1.81. The number of ether oxygens (including phenoxy) is 2. The van der Waals surface area contributed by atoms with E-state index in [1.807, 2.05) is 6.07 Å². The molecule has 0 radical (unpaired) electrons. The van der Waals surface area contributed by atoms with E-state index in [-0.39, 0.29) is 4.99 Å². The molecular formula is C14H14ClN3O2S. The number of methoxy groups -OCH3 is 2. The van der Waals surface area contributed by atoms with Gasteiger partial charge in [0.25, 0.3) is 0 Å². The van der Waals surface area contributed by atoms with Crippen LogP contribution in [0.15, 0.2) is 30.5 Å². The number of hydrogen-bond acceptors (Lipinski definition) is 5. The average molecular weight is 324 g/mol.